The zero-order valence-electron chi connectivity index (χ0n) is 10.8. The molecule has 1 N–H and O–H groups in total. The maximum absolute atomic E-state index is 11.5. The van der Waals surface area contributed by atoms with Crippen LogP contribution in [0.1, 0.15) is 46.0 Å². The van der Waals surface area contributed by atoms with Crippen molar-refractivity contribution in [1.82, 2.24) is 0 Å². The summed E-state index contributed by atoms with van der Waals surface area (Å²) >= 11 is 0. The second-order valence-electron chi connectivity index (χ2n) is 6.94. The lowest BCUT2D eigenvalue weighted by Crippen LogP contribution is -2.42. The van der Waals surface area contributed by atoms with Gasteiger partial charge in [-0.25, -0.2) is 0 Å². The molecule has 0 aliphatic heterocycles. The topological polar surface area (TPSA) is 37.3 Å². The van der Waals surface area contributed by atoms with E-state index in [9.17, 15) is 9.90 Å². The molecule has 1 spiro atoms. The first-order chi connectivity index (χ1) is 7.89. The van der Waals surface area contributed by atoms with Gasteiger partial charge in [-0.05, 0) is 54.8 Å². The minimum atomic E-state index is -0.569. The largest absolute Gasteiger partial charge is 0.481 e. The first-order valence-corrected chi connectivity index (χ1v) is 6.81. The Morgan fingerprint density at radius 1 is 1.35 bits per heavy atom. The van der Waals surface area contributed by atoms with Crippen LogP contribution in [-0.4, -0.2) is 11.1 Å². The SMILES string of the molecule is C=C1[C@H]2CC[C@H](C(=O)O)[C@@]23CC[C@H](C3)C1(C)C. The maximum atomic E-state index is 11.5. The van der Waals surface area contributed by atoms with Gasteiger partial charge in [0.25, 0.3) is 0 Å². The van der Waals surface area contributed by atoms with Gasteiger partial charge in [-0.3, -0.25) is 4.79 Å². The summed E-state index contributed by atoms with van der Waals surface area (Å²) in [5.41, 5.74) is 1.64. The molecule has 0 amide bonds. The Morgan fingerprint density at radius 2 is 2.06 bits per heavy atom. The van der Waals surface area contributed by atoms with Gasteiger partial charge in [-0.2, -0.15) is 0 Å². The molecule has 0 aromatic carbocycles. The van der Waals surface area contributed by atoms with Gasteiger partial charge in [-0.15, -0.1) is 0 Å². The summed E-state index contributed by atoms with van der Waals surface area (Å²) in [6.07, 6.45) is 5.35. The van der Waals surface area contributed by atoms with E-state index in [0.717, 1.165) is 25.7 Å². The van der Waals surface area contributed by atoms with Gasteiger partial charge in [0, 0.05) is 0 Å². The minimum absolute atomic E-state index is 0.0725. The predicted octanol–water partition coefficient (Wildman–Crippen LogP) is 3.48. The summed E-state index contributed by atoms with van der Waals surface area (Å²) in [5.74, 6) is 0.453. The number of fused-ring (bicyclic) bond motifs is 1. The highest BCUT2D eigenvalue weighted by Gasteiger charge is 2.63. The lowest BCUT2D eigenvalue weighted by atomic mass is 9.56. The van der Waals surface area contributed by atoms with Gasteiger partial charge in [0.05, 0.1) is 5.92 Å². The average Bonchev–Trinajstić information content (AvgIpc) is 2.81. The summed E-state index contributed by atoms with van der Waals surface area (Å²) in [6, 6.07) is 0. The fourth-order valence-corrected chi connectivity index (χ4v) is 5.11. The van der Waals surface area contributed by atoms with Crippen LogP contribution in [0.4, 0.5) is 0 Å². The fraction of sp³-hybridized carbons (Fsp3) is 0.800. The van der Waals surface area contributed by atoms with E-state index in [1.165, 1.54) is 12.0 Å². The Bertz CT molecular complexity index is 396. The van der Waals surface area contributed by atoms with Gasteiger partial charge >= 0.3 is 5.97 Å². The van der Waals surface area contributed by atoms with E-state index in [1.807, 2.05) is 0 Å². The highest BCUT2D eigenvalue weighted by molar-refractivity contribution is 5.72. The third-order valence-corrected chi connectivity index (χ3v) is 6.28. The lowest BCUT2D eigenvalue weighted by molar-refractivity contribution is -0.146. The summed E-state index contributed by atoms with van der Waals surface area (Å²) in [4.78, 5) is 11.5. The van der Waals surface area contributed by atoms with Crippen molar-refractivity contribution in [3.63, 3.8) is 0 Å². The van der Waals surface area contributed by atoms with Gasteiger partial charge in [0.2, 0.25) is 0 Å². The van der Waals surface area contributed by atoms with E-state index in [2.05, 4.69) is 20.4 Å². The smallest absolute Gasteiger partial charge is 0.307 e. The molecule has 3 aliphatic carbocycles. The van der Waals surface area contributed by atoms with E-state index >= 15 is 0 Å². The van der Waals surface area contributed by atoms with E-state index in [4.69, 9.17) is 0 Å². The molecule has 0 unspecified atom stereocenters. The number of carboxylic acids is 1. The van der Waals surface area contributed by atoms with Crippen molar-refractivity contribution in [2.45, 2.75) is 46.0 Å². The molecule has 3 rings (SSSR count). The number of carbonyl (C=O) groups is 1. The molecular weight excluding hydrogens is 212 g/mol. The predicted molar refractivity (Wildman–Crippen MR) is 66.5 cm³/mol. The first-order valence-electron chi connectivity index (χ1n) is 6.81. The fourth-order valence-electron chi connectivity index (χ4n) is 5.11. The second kappa shape index (κ2) is 3.15. The molecule has 3 fully saturated rings. The number of carboxylic acid groups (broad SMARTS) is 1. The quantitative estimate of drug-likeness (QED) is 0.705. The number of allylic oxidation sites excluding steroid dienone is 1. The molecule has 0 saturated heterocycles. The molecule has 0 radical (unpaired) electrons. The van der Waals surface area contributed by atoms with Crippen LogP contribution in [0.15, 0.2) is 12.2 Å². The molecule has 4 atom stereocenters. The van der Waals surface area contributed by atoms with Gasteiger partial charge < -0.3 is 5.11 Å². The summed E-state index contributed by atoms with van der Waals surface area (Å²) in [6.45, 7) is 8.96. The van der Waals surface area contributed by atoms with Crippen LogP contribution in [0, 0.1) is 28.6 Å². The maximum Gasteiger partial charge on any atom is 0.307 e. The Morgan fingerprint density at radius 3 is 2.71 bits per heavy atom. The number of aliphatic carboxylic acids is 1. The molecular formula is C15H22O2. The van der Waals surface area contributed by atoms with Crippen molar-refractivity contribution in [3.05, 3.63) is 12.2 Å². The highest BCUT2D eigenvalue weighted by Crippen LogP contribution is 2.70. The van der Waals surface area contributed by atoms with Crippen molar-refractivity contribution < 1.29 is 9.90 Å². The van der Waals surface area contributed by atoms with Crippen LogP contribution >= 0.6 is 0 Å². The third-order valence-electron chi connectivity index (χ3n) is 6.28. The van der Waals surface area contributed by atoms with E-state index < -0.39 is 5.97 Å². The van der Waals surface area contributed by atoms with Gasteiger partial charge in [0.1, 0.15) is 0 Å². The normalized spacial score (nSPS) is 46.9. The molecule has 0 aromatic heterocycles. The summed E-state index contributed by atoms with van der Waals surface area (Å²) < 4.78 is 0. The lowest BCUT2D eigenvalue weighted by Gasteiger charge is -2.48. The molecule has 94 valence electrons. The Balaban J connectivity index is 2.05. The zero-order valence-corrected chi connectivity index (χ0v) is 10.8. The van der Waals surface area contributed by atoms with Crippen LogP contribution in [0.25, 0.3) is 0 Å². The van der Waals surface area contributed by atoms with Gasteiger partial charge in [-0.1, -0.05) is 26.0 Å². The third kappa shape index (κ3) is 1.19. The molecule has 2 nitrogen and oxygen atoms in total. The molecule has 3 saturated carbocycles. The molecule has 0 heterocycles. The molecule has 0 aromatic rings. The van der Waals surface area contributed by atoms with Crippen LogP contribution < -0.4 is 0 Å². The Hall–Kier alpha value is -0.790. The minimum Gasteiger partial charge on any atom is -0.481 e. The van der Waals surface area contributed by atoms with Crippen LogP contribution in [-0.2, 0) is 4.79 Å². The standard InChI is InChI=1S/C15H22O2/c1-9-11-4-5-12(13(16)17)15(11)7-6-10(8-15)14(9,2)3/h10-12H,1,4-8H2,2-3H3,(H,16,17)/t10-,11-,12-,15-/m1/s1. The van der Waals surface area contributed by atoms with E-state index in [0.29, 0.717) is 11.8 Å². The summed E-state index contributed by atoms with van der Waals surface area (Å²) in [5, 5.41) is 9.45. The molecule has 2 heteroatoms. The van der Waals surface area contributed by atoms with Crippen molar-refractivity contribution in [2.75, 3.05) is 0 Å². The Kier molecular flexibility index (Phi) is 2.10. The van der Waals surface area contributed by atoms with Crippen LogP contribution in [0.3, 0.4) is 0 Å². The highest BCUT2D eigenvalue weighted by atomic mass is 16.4. The Labute approximate surface area is 103 Å². The second-order valence-corrected chi connectivity index (χ2v) is 6.94. The van der Waals surface area contributed by atoms with E-state index in [-0.39, 0.29) is 16.7 Å². The van der Waals surface area contributed by atoms with Crippen molar-refractivity contribution in [3.8, 4) is 0 Å². The zero-order chi connectivity index (χ0) is 12.4. The van der Waals surface area contributed by atoms with Crippen molar-refractivity contribution in [2.24, 2.45) is 28.6 Å². The van der Waals surface area contributed by atoms with Crippen LogP contribution in [0.5, 0.6) is 0 Å². The van der Waals surface area contributed by atoms with Crippen molar-refractivity contribution in [1.29, 1.82) is 0 Å². The first kappa shape index (κ1) is 11.3. The van der Waals surface area contributed by atoms with Gasteiger partial charge in [0.15, 0.2) is 0 Å². The number of hydrogen-bond donors (Lipinski definition) is 1. The van der Waals surface area contributed by atoms with E-state index in [1.54, 1.807) is 0 Å². The molecule has 17 heavy (non-hydrogen) atoms. The molecule has 2 bridgehead atoms. The summed E-state index contributed by atoms with van der Waals surface area (Å²) in [7, 11) is 0. The molecule has 3 aliphatic rings. The monoisotopic (exact) mass is 234 g/mol. The number of rotatable bonds is 1. The number of hydrogen-bond acceptors (Lipinski definition) is 1. The average molecular weight is 234 g/mol. The van der Waals surface area contributed by atoms with Crippen molar-refractivity contribution >= 4 is 5.97 Å². The van der Waals surface area contributed by atoms with Crippen LogP contribution in [0.2, 0.25) is 0 Å².